The molecule has 0 fully saturated rings. The Morgan fingerprint density at radius 3 is 2.37 bits per heavy atom. The number of carbonyl (C=O) groups excluding carboxylic acids is 1. The fourth-order valence-electron chi connectivity index (χ4n) is 3.15. The number of rotatable bonds is 5. The lowest BCUT2D eigenvalue weighted by Crippen LogP contribution is -2.20. The highest BCUT2D eigenvalue weighted by Crippen LogP contribution is 2.27. The lowest BCUT2D eigenvalue weighted by molar-refractivity contribution is -0.118. The molecule has 0 unspecified atom stereocenters. The molecule has 1 aromatic heterocycles. The third-order valence-corrected chi connectivity index (χ3v) is 5.27. The Hall–Kier alpha value is -3.60. The van der Waals surface area contributed by atoms with E-state index in [0.29, 0.717) is 28.4 Å². The van der Waals surface area contributed by atoms with Crippen LogP contribution in [0, 0.1) is 27.7 Å². The van der Waals surface area contributed by atoms with Gasteiger partial charge in [-0.05, 0) is 92.4 Å². The molecule has 4 rings (SSSR count). The van der Waals surface area contributed by atoms with Crippen molar-refractivity contribution in [2.24, 2.45) is 0 Å². The topological polar surface area (TPSA) is 64.4 Å². The van der Waals surface area contributed by atoms with Crippen molar-refractivity contribution in [1.29, 1.82) is 0 Å². The number of aromatic nitrogens is 1. The van der Waals surface area contributed by atoms with Crippen LogP contribution in [0.15, 0.2) is 59.0 Å². The zero-order chi connectivity index (χ0) is 21.3. The van der Waals surface area contributed by atoms with Crippen LogP contribution in [0.4, 0.5) is 5.69 Å². The van der Waals surface area contributed by atoms with Crippen LogP contribution in [-0.2, 0) is 4.79 Å². The van der Waals surface area contributed by atoms with E-state index in [2.05, 4.69) is 36.3 Å². The number of nitrogens with one attached hydrogen (secondary N) is 1. The Morgan fingerprint density at radius 2 is 1.63 bits per heavy atom. The highest BCUT2D eigenvalue weighted by molar-refractivity contribution is 5.94. The predicted molar refractivity (Wildman–Crippen MR) is 119 cm³/mol. The summed E-state index contributed by atoms with van der Waals surface area (Å²) in [6.45, 7) is 8.13. The molecule has 0 spiro atoms. The Labute approximate surface area is 175 Å². The van der Waals surface area contributed by atoms with Gasteiger partial charge in [0.15, 0.2) is 12.2 Å². The number of aryl methyl sites for hydroxylation is 4. The normalized spacial score (nSPS) is 10.9. The number of amides is 1. The van der Waals surface area contributed by atoms with Crippen molar-refractivity contribution in [3.63, 3.8) is 0 Å². The van der Waals surface area contributed by atoms with Crippen molar-refractivity contribution in [3.8, 4) is 17.2 Å². The molecule has 0 radical (unpaired) electrons. The lowest BCUT2D eigenvalue weighted by atomic mass is 10.1. The van der Waals surface area contributed by atoms with E-state index in [9.17, 15) is 4.79 Å². The largest absolute Gasteiger partial charge is 0.484 e. The molecule has 0 aliphatic heterocycles. The number of hydrogen-bond donors (Lipinski definition) is 1. The minimum absolute atomic E-state index is 0.0623. The second kappa shape index (κ2) is 8.03. The fourth-order valence-corrected chi connectivity index (χ4v) is 3.15. The maximum Gasteiger partial charge on any atom is 0.262 e. The van der Waals surface area contributed by atoms with Crippen LogP contribution in [0.25, 0.3) is 22.6 Å². The Bertz CT molecular complexity index is 1240. The third kappa shape index (κ3) is 4.20. The van der Waals surface area contributed by atoms with Crippen LogP contribution in [0.5, 0.6) is 5.75 Å². The number of oxazole rings is 1. The van der Waals surface area contributed by atoms with Gasteiger partial charge in [-0.15, -0.1) is 0 Å². The second-order valence-electron chi connectivity index (χ2n) is 7.58. The molecule has 4 aromatic rings. The molecular weight excluding hydrogens is 376 g/mol. The maximum atomic E-state index is 12.3. The molecule has 1 amide bonds. The van der Waals surface area contributed by atoms with Crippen molar-refractivity contribution < 1.29 is 13.9 Å². The van der Waals surface area contributed by atoms with Crippen LogP contribution in [0.1, 0.15) is 22.3 Å². The Balaban J connectivity index is 1.45. The van der Waals surface area contributed by atoms with Gasteiger partial charge in [-0.3, -0.25) is 4.79 Å². The first-order valence-electron chi connectivity index (χ1n) is 9.87. The molecule has 0 saturated heterocycles. The summed E-state index contributed by atoms with van der Waals surface area (Å²) in [4.78, 5) is 16.9. The number of carbonyl (C=O) groups is 1. The summed E-state index contributed by atoms with van der Waals surface area (Å²) in [5, 5.41) is 2.85. The van der Waals surface area contributed by atoms with Gasteiger partial charge < -0.3 is 14.5 Å². The number of fused-ring (bicyclic) bond motifs is 1. The Morgan fingerprint density at radius 1 is 0.900 bits per heavy atom. The van der Waals surface area contributed by atoms with Crippen molar-refractivity contribution in [2.45, 2.75) is 27.7 Å². The standard InChI is InChI=1S/C25H24N2O3/c1-15-5-7-19(11-17(15)3)25-27-22-13-20(8-10-23(22)30-25)26-24(28)14-29-21-9-6-16(2)18(4)12-21/h5-13H,14H2,1-4H3,(H,26,28). The maximum absolute atomic E-state index is 12.3. The third-order valence-electron chi connectivity index (χ3n) is 5.27. The van der Waals surface area contributed by atoms with E-state index in [0.717, 1.165) is 11.1 Å². The van der Waals surface area contributed by atoms with E-state index in [1.165, 1.54) is 16.7 Å². The monoisotopic (exact) mass is 400 g/mol. The van der Waals surface area contributed by atoms with E-state index < -0.39 is 0 Å². The molecule has 5 heteroatoms. The molecule has 0 aliphatic carbocycles. The number of nitrogens with zero attached hydrogens (tertiary/aromatic N) is 1. The molecule has 0 saturated carbocycles. The number of ether oxygens (including phenoxy) is 1. The molecule has 1 heterocycles. The number of hydrogen-bond acceptors (Lipinski definition) is 4. The van der Waals surface area contributed by atoms with Crippen molar-refractivity contribution >= 4 is 22.7 Å². The molecular formula is C25H24N2O3. The summed E-state index contributed by atoms with van der Waals surface area (Å²) in [7, 11) is 0. The summed E-state index contributed by atoms with van der Waals surface area (Å²) in [5.41, 5.74) is 7.67. The summed E-state index contributed by atoms with van der Waals surface area (Å²) < 4.78 is 11.5. The summed E-state index contributed by atoms with van der Waals surface area (Å²) in [6.07, 6.45) is 0. The fraction of sp³-hybridized carbons (Fsp3) is 0.200. The van der Waals surface area contributed by atoms with Gasteiger partial charge >= 0.3 is 0 Å². The molecule has 30 heavy (non-hydrogen) atoms. The van der Waals surface area contributed by atoms with Crippen LogP contribution in [0.2, 0.25) is 0 Å². The molecule has 0 bridgehead atoms. The van der Waals surface area contributed by atoms with Crippen molar-refractivity contribution in [1.82, 2.24) is 4.98 Å². The average Bonchev–Trinajstić information content (AvgIpc) is 3.14. The SMILES string of the molecule is Cc1ccc(OCC(=O)Nc2ccc3oc(-c4ccc(C)c(C)c4)nc3c2)cc1C. The van der Waals surface area contributed by atoms with Crippen LogP contribution in [-0.4, -0.2) is 17.5 Å². The van der Waals surface area contributed by atoms with E-state index in [-0.39, 0.29) is 12.5 Å². The Kier molecular flexibility index (Phi) is 5.27. The first-order chi connectivity index (χ1) is 14.4. The van der Waals surface area contributed by atoms with E-state index in [4.69, 9.17) is 9.15 Å². The summed E-state index contributed by atoms with van der Waals surface area (Å²) >= 11 is 0. The second-order valence-corrected chi connectivity index (χ2v) is 7.58. The van der Waals surface area contributed by atoms with Gasteiger partial charge in [-0.2, -0.15) is 0 Å². The van der Waals surface area contributed by atoms with Crippen molar-refractivity contribution in [3.05, 3.63) is 76.9 Å². The van der Waals surface area contributed by atoms with E-state index in [1.54, 1.807) is 12.1 Å². The minimum atomic E-state index is -0.231. The highest BCUT2D eigenvalue weighted by atomic mass is 16.5. The molecule has 5 nitrogen and oxygen atoms in total. The average molecular weight is 400 g/mol. The molecule has 3 aromatic carbocycles. The zero-order valence-corrected chi connectivity index (χ0v) is 17.6. The van der Waals surface area contributed by atoms with Crippen LogP contribution >= 0.6 is 0 Å². The van der Waals surface area contributed by atoms with Gasteiger partial charge in [0.2, 0.25) is 5.89 Å². The summed E-state index contributed by atoms with van der Waals surface area (Å²) in [5.74, 6) is 1.01. The van der Waals surface area contributed by atoms with Gasteiger partial charge in [0.25, 0.3) is 5.91 Å². The highest BCUT2D eigenvalue weighted by Gasteiger charge is 2.11. The van der Waals surface area contributed by atoms with Gasteiger partial charge in [0.1, 0.15) is 11.3 Å². The van der Waals surface area contributed by atoms with Gasteiger partial charge in [0.05, 0.1) is 0 Å². The smallest absolute Gasteiger partial charge is 0.262 e. The van der Waals surface area contributed by atoms with Crippen LogP contribution in [0.3, 0.4) is 0 Å². The predicted octanol–water partition coefficient (Wildman–Crippen LogP) is 5.75. The van der Waals surface area contributed by atoms with E-state index >= 15 is 0 Å². The first kappa shape index (κ1) is 19.7. The first-order valence-corrected chi connectivity index (χ1v) is 9.87. The minimum Gasteiger partial charge on any atom is -0.484 e. The van der Waals surface area contributed by atoms with Gasteiger partial charge in [-0.1, -0.05) is 12.1 Å². The lowest BCUT2D eigenvalue weighted by Gasteiger charge is -2.09. The molecule has 0 atom stereocenters. The van der Waals surface area contributed by atoms with Crippen molar-refractivity contribution in [2.75, 3.05) is 11.9 Å². The van der Waals surface area contributed by atoms with Gasteiger partial charge in [-0.25, -0.2) is 4.98 Å². The van der Waals surface area contributed by atoms with Gasteiger partial charge in [0, 0.05) is 11.3 Å². The summed E-state index contributed by atoms with van der Waals surface area (Å²) in [6, 6.07) is 17.3. The zero-order valence-electron chi connectivity index (χ0n) is 17.6. The molecule has 1 N–H and O–H groups in total. The molecule has 0 aliphatic rings. The number of benzene rings is 3. The molecule has 152 valence electrons. The van der Waals surface area contributed by atoms with E-state index in [1.807, 2.05) is 44.2 Å². The van der Waals surface area contributed by atoms with Crippen LogP contribution < -0.4 is 10.1 Å². The number of anilines is 1. The quantitative estimate of drug-likeness (QED) is 0.463.